The summed E-state index contributed by atoms with van der Waals surface area (Å²) in [4.78, 5) is 42.6. The van der Waals surface area contributed by atoms with E-state index in [1.54, 1.807) is 68.3 Å². The SMILES string of the molecule is COc1cc2nccc(Oc3ccc(NC(=O)NC4CCN(C(=O)OC(C)(C)C)C4)c(Cl)c3)c2cc1C(N)=O. The van der Waals surface area contributed by atoms with Gasteiger partial charge in [0.05, 0.1) is 28.9 Å². The number of nitrogens with one attached hydrogen (secondary N) is 2. The van der Waals surface area contributed by atoms with Gasteiger partial charge in [-0.3, -0.25) is 9.78 Å². The van der Waals surface area contributed by atoms with E-state index in [0.717, 1.165) is 0 Å². The molecule has 0 spiro atoms. The minimum absolute atomic E-state index is 0.197. The van der Waals surface area contributed by atoms with Crippen molar-refractivity contribution in [1.82, 2.24) is 15.2 Å². The molecule has 4 amide bonds. The van der Waals surface area contributed by atoms with Crippen molar-refractivity contribution in [3.05, 3.63) is 53.2 Å². The Morgan fingerprint density at radius 1 is 1.13 bits per heavy atom. The molecule has 3 aromatic rings. The summed E-state index contributed by atoms with van der Waals surface area (Å²) in [6.07, 6.45) is 1.77. The average Bonchev–Trinajstić information content (AvgIpc) is 3.32. The third-order valence-electron chi connectivity index (χ3n) is 5.88. The number of urea groups is 1. The van der Waals surface area contributed by atoms with E-state index in [1.807, 2.05) is 0 Å². The van der Waals surface area contributed by atoms with Crippen LogP contribution in [0.2, 0.25) is 5.02 Å². The van der Waals surface area contributed by atoms with Gasteiger partial charge in [0, 0.05) is 42.8 Å². The number of carbonyl (C=O) groups is 3. The van der Waals surface area contributed by atoms with Crippen LogP contribution >= 0.6 is 11.6 Å². The number of hydrogen-bond acceptors (Lipinski definition) is 7. The van der Waals surface area contributed by atoms with Gasteiger partial charge < -0.3 is 35.5 Å². The largest absolute Gasteiger partial charge is 0.496 e. The summed E-state index contributed by atoms with van der Waals surface area (Å²) < 4.78 is 16.7. The van der Waals surface area contributed by atoms with Gasteiger partial charge in [0.25, 0.3) is 5.91 Å². The Morgan fingerprint density at radius 2 is 1.90 bits per heavy atom. The fourth-order valence-corrected chi connectivity index (χ4v) is 4.32. The van der Waals surface area contributed by atoms with Crippen molar-refractivity contribution in [3.8, 4) is 17.2 Å². The molecular weight excluding hydrogens is 526 g/mol. The second kappa shape index (κ2) is 11.2. The summed E-state index contributed by atoms with van der Waals surface area (Å²) >= 11 is 6.43. The highest BCUT2D eigenvalue weighted by molar-refractivity contribution is 6.33. The van der Waals surface area contributed by atoms with E-state index >= 15 is 0 Å². The molecule has 2 aromatic carbocycles. The van der Waals surface area contributed by atoms with Gasteiger partial charge in [-0.05, 0) is 51.5 Å². The molecule has 1 aliphatic heterocycles. The van der Waals surface area contributed by atoms with E-state index in [-0.39, 0.29) is 16.6 Å². The second-order valence-corrected chi connectivity index (χ2v) is 10.4. The molecule has 12 heteroatoms. The first kappa shape index (κ1) is 27.8. The first-order valence-electron chi connectivity index (χ1n) is 12.2. The van der Waals surface area contributed by atoms with Crippen molar-refractivity contribution in [2.75, 3.05) is 25.5 Å². The van der Waals surface area contributed by atoms with Gasteiger partial charge in [-0.15, -0.1) is 0 Å². The molecule has 4 rings (SSSR count). The second-order valence-electron chi connectivity index (χ2n) is 10.00. The number of amides is 4. The molecule has 0 bridgehead atoms. The topological polar surface area (TPSA) is 145 Å². The van der Waals surface area contributed by atoms with Gasteiger partial charge in [-0.2, -0.15) is 0 Å². The highest BCUT2D eigenvalue weighted by atomic mass is 35.5. The molecule has 2 heterocycles. The highest BCUT2D eigenvalue weighted by Crippen LogP contribution is 2.35. The normalized spacial score (nSPS) is 15.1. The van der Waals surface area contributed by atoms with Crippen LogP contribution in [-0.4, -0.2) is 59.8 Å². The zero-order chi connectivity index (χ0) is 28.3. The quantitative estimate of drug-likeness (QED) is 0.391. The van der Waals surface area contributed by atoms with E-state index in [4.69, 9.17) is 31.5 Å². The fourth-order valence-electron chi connectivity index (χ4n) is 4.10. The molecule has 1 saturated heterocycles. The summed E-state index contributed by atoms with van der Waals surface area (Å²) in [5.74, 6) is 0.496. The molecule has 11 nitrogen and oxygen atoms in total. The number of aromatic nitrogens is 1. The Labute approximate surface area is 230 Å². The number of fused-ring (bicyclic) bond motifs is 1. The van der Waals surface area contributed by atoms with Crippen molar-refractivity contribution in [2.24, 2.45) is 5.73 Å². The number of methoxy groups -OCH3 is 1. The van der Waals surface area contributed by atoms with Crippen LogP contribution < -0.4 is 25.8 Å². The minimum atomic E-state index is -0.643. The van der Waals surface area contributed by atoms with Crippen molar-refractivity contribution in [2.45, 2.75) is 38.8 Å². The number of halogens is 1. The van der Waals surface area contributed by atoms with Crippen LogP contribution in [0.1, 0.15) is 37.6 Å². The van der Waals surface area contributed by atoms with Crippen molar-refractivity contribution >= 4 is 46.2 Å². The predicted molar refractivity (Wildman–Crippen MR) is 147 cm³/mol. The van der Waals surface area contributed by atoms with Crippen LogP contribution in [0.25, 0.3) is 10.9 Å². The number of anilines is 1. The lowest BCUT2D eigenvalue weighted by atomic mass is 10.1. The Morgan fingerprint density at radius 3 is 2.56 bits per heavy atom. The van der Waals surface area contributed by atoms with Gasteiger partial charge in [0.2, 0.25) is 0 Å². The van der Waals surface area contributed by atoms with Crippen LogP contribution in [0.15, 0.2) is 42.6 Å². The van der Waals surface area contributed by atoms with Crippen molar-refractivity contribution in [3.63, 3.8) is 0 Å². The number of pyridine rings is 1. The predicted octanol–water partition coefficient (Wildman–Crippen LogP) is 4.92. The maximum Gasteiger partial charge on any atom is 0.410 e. The standard InChI is InChI=1S/C27H30ClN5O6/c1-27(2,3)39-26(36)33-10-8-15(14-33)31-25(35)32-20-6-5-16(11-19(20)28)38-22-7-9-30-21-13-23(37-4)18(24(29)34)12-17(21)22/h5-7,9,11-13,15H,8,10,14H2,1-4H3,(H2,29,34)(H2,31,32,35). The van der Waals surface area contributed by atoms with Gasteiger partial charge in [0.15, 0.2) is 0 Å². The fraction of sp³-hybridized carbons (Fsp3) is 0.333. The lowest BCUT2D eigenvalue weighted by molar-refractivity contribution is 0.0291. The maximum atomic E-state index is 12.6. The third-order valence-corrected chi connectivity index (χ3v) is 6.19. The molecule has 1 fully saturated rings. The molecule has 1 atom stereocenters. The average molecular weight is 556 g/mol. The molecule has 0 saturated carbocycles. The van der Waals surface area contributed by atoms with E-state index in [2.05, 4.69) is 15.6 Å². The number of hydrogen-bond donors (Lipinski definition) is 3. The van der Waals surface area contributed by atoms with E-state index < -0.39 is 23.6 Å². The number of nitrogens with zero attached hydrogens (tertiary/aromatic N) is 2. The highest BCUT2D eigenvalue weighted by Gasteiger charge is 2.30. The number of rotatable bonds is 6. The maximum absolute atomic E-state index is 12.6. The summed E-state index contributed by atoms with van der Waals surface area (Å²) in [6.45, 7) is 6.26. The molecule has 0 radical (unpaired) electrons. The Kier molecular flexibility index (Phi) is 8.01. The van der Waals surface area contributed by atoms with E-state index in [9.17, 15) is 14.4 Å². The van der Waals surface area contributed by atoms with Gasteiger partial charge >= 0.3 is 12.1 Å². The monoisotopic (exact) mass is 555 g/mol. The van der Waals surface area contributed by atoms with Gasteiger partial charge in [-0.25, -0.2) is 9.59 Å². The Bertz CT molecular complexity index is 1420. The van der Waals surface area contributed by atoms with Gasteiger partial charge in [-0.1, -0.05) is 11.6 Å². The summed E-state index contributed by atoms with van der Waals surface area (Å²) in [5, 5.41) is 6.39. The molecule has 39 heavy (non-hydrogen) atoms. The molecule has 1 unspecified atom stereocenters. The van der Waals surface area contributed by atoms with Crippen molar-refractivity contribution < 1.29 is 28.6 Å². The number of carbonyl (C=O) groups excluding carboxylic acids is 3. The summed E-state index contributed by atoms with van der Waals surface area (Å²) in [6, 6.07) is 8.96. The first-order chi connectivity index (χ1) is 18.4. The third kappa shape index (κ3) is 6.80. The summed E-state index contributed by atoms with van der Waals surface area (Å²) in [7, 11) is 1.44. The molecular formula is C27H30ClN5O6. The lowest BCUT2D eigenvalue weighted by Gasteiger charge is -2.24. The molecule has 1 aliphatic rings. The number of benzene rings is 2. The van der Waals surface area contributed by atoms with Crippen molar-refractivity contribution in [1.29, 1.82) is 0 Å². The Hall–Kier alpha value is -4.25. The zero-order valence-electron chi connectivity index (χ0n) is 22.0. The first-order valence-corrected chi connectivity index (χ1v) is 12.6. The molecule has 0 aliphatic carbocycles. The van der Waals surface area contributed by atoms with Crippen LogP contribution in [0, 0.1) is 0 Å². The van der Waals surface area contributed by atoms with E-state index in [1.165, 1.54) is 7.11 Å². The lowest BCUT2D eigenvalue weighted by Crippen LogP contribution is -2.41. The molecule has 1 aromatic heterocycles. The number of likely N-dealkylation sites (tertiary alicyclic amines) is 1. The van der Waals surface area contributed by atoms with Gasteiger partial charge in [0.1, 0.15) is 22.8 Å². The minimum Gasteiger partial charge on any atom is -0.496 e. The van der Waals surface area contributed by atoms with Crippen LogP contribution in [0.3, 0.4) is 0 Å². The van der Waals surface area contributed by atoms with E-state index in [0.29, 0.717) is 53.3 Å². The Balaban J connectivity index is 1.41. The van der Waals surface area contributed by atoms with Crippen LogP contribution in [-0.2, 0) is 4.74 Å². The summed E-state index contributed by atoms with van der Waals surface area (Å²) in [5.41, 5.74) is 6.03. The number of ether oxygens (including phenoxy) is 3. The zero-order valence-corrected chi connectivity index (χ0v) is 22.8. The smallest absolute Gasteiger partial charge is 0.410 e. The number of nitrogens with two attached hydrogens (primary N) is 1. The van der Waals surface area contributed by atoms with Crippen LogP contribution in [0.5, 0.6) is 17.2 Å². The van der Waals surface area contributed by atoms with Crippen LogP contribution in [0.4, 0.5) is 15.3 Å². The molecule has 4 N–H and O–H groups in total. The molecule has 206 valence electrons. The number of primary amides is 1.